The third kappa shape index (κ3) is 2.77. The first-order chi connectivity index (χ1) is 7.66. The zero-order chi connectivity index (χ0) is 11.5. The van der Waals surface area contributed by atoms with Crippen LogP contribution in [0.2, 0.25) is 10.0 Å². The zero-order valence-electron chi connectivity index (χ0n) is 8.36. The van der Waals surface area contributed by atoms with Gasteiger partial charge in [0.2, 0.25) is 0 Å². The van der Waals surface area contributed by atoms with Crippen molar-refractivity contribution in [2.24, 2.45) is 0 Å². The predicted octanol–water partition coefficient (Wildman–Crippen LogP) is 4.33. The summed E-state index contributed by atoms with van der Waals surface area (Å²) in [5.74, 6) is 0. The highest BCUT2D eigenvalue weighted by Gasteiger charge is 2.13. The molecule has 1 atom stereocenters. The van der Waals surface area contributed by atoms with Crippen LogP contribution in [0.25, 0.3) is 0 Å². The average molecular weight is 273 g/mol. The van der Waals surface area contributed by atoms with E-state index in [9.17, 15) is 5.11 Å². The molecule has 1 heterocycles. The van der Waals surface area contributed by atoms with E-state index in [0.717, 1.165) is 10.4 Å². The minimum absolute atomic E-state index is 0.548. The largest absolute Gasteiger partial charge is 0.387 e. The van der Waals surface area contributed by atoms with Gasteiger partial charge in [-0.3, -0.25) is 0 Å². The Morgan fingerprint density at radius 1 is 1.12 bits per heavy atom. The minimum Gasteiger partial charge on any atom is -0.387 e. The summed E-state index contributed by atoms with van der Waals surface area (Å²) in [6.45, 7) is 0. The Balaban J connectivity index is 2.10. The van der Waals surface area contributed by atoms with E-state index in [4.69, 9.17) is 23.2 Å². The molecule has 4 heteroatoms. The van der Waals surface area contributed by atoms with Gasteiger partial charge in [0.15, 0.2) is 0 Å². The van der Waals surface area contributed by atoms with Crippen LogP contribution in [0.1, 0.15) is 16.5 Å². The van der Waals surface area contributed by atoms with Crippen LogP contribution in [0.3, 0.4) is 0 Å². The molecule has 1 nitrogen and oxygen atoms in total. The number of benzene rings is 1. The molecule has 0 bridgehead atoms. The lowest BCUT2D eigenvalue weighted by Gasteiger charge is -2.09. The fourth-order valence-corrected chi connectivity index (χ4v) is 2.77. The third-order valence-corrected chi connectivity index (χ3v) is 4.00. The van der Waals surface area contributed by atoms with E-state index in [0.29, 0.717) is 16.5 Å². The molecule has 0 aliphatic heterocycles. The smallest absolute Gasteiger partial charge is 0.0937 e. The maximum absolute atomic E-state index is 10.0. The standard InChI is InChI=1S/C12H10Cl2OS/c13-9-3-1-8(2-4-9)7-11(15)12-10(14)5-6-16-12/h1-6,11,15H,7H2. The van der Waals surface area contributed by atoms with Crippen molar-refractivity contribution in [3.63, 3.8) is 0 Å². The molecule has 2 aromatic rings. The quantitative estimate of drug-likeness (QED) is 0.882. The Morgan fingerprint density at radius 3 is 2.38 bits per heavy atom. The van der Waals surface area contributed by atoms with Gasteiger partial charge < -0.3 is 5.11 Å². The van der Waals surface area contributed by atoms with Gasteiger partial charge in [-0.05, 0) is 29.1 Å². The van der Waals surface area contributed by atoms with Gasteiger partial charge in [-0.15, -0.1) is 11.3 Å². The van der Waals surface area contributed by atoms with Gasteiger partial charge in [0, 0.05) is 11.4 Å². The summed E-state index contributed by atoms with van der Waals surface area (Å²) in [4.78, 5) is 0.816. The van der Waals surface area contributed by atoms with Gasteiger partial charge >= 0.3 is 0 Å². The van der Waals surface area contributed by atoms with Crippen LogP contribution >= 0.6 is 34.5 Å². The van der Waals surface area contributed by atoms with E-state index >= 15 is 0 Å². The summed E-state index contributed by atoms with van der Waals surface area (Å²) in [6, 6.07) is 9.26. The molecular weight excluding hydrogens is 263 g/mol. The Labute approximate surface area is 108 Å². The average Bonchev–Trinajstić information content (AvgIpc) is 2.68. The van der Waals surface area contributed by atoms with E-state index in [-0.39, 0.29) is 0 Å². The molecular formula is C12H10Cl2OS. The highest BCUT2D eigenvalue weighted by Crippen LogP contribution is 2.30. The zero-order valence-corrected chi connectivity index (χ0v) is 10.7. The molecule has 0 radical (unpaired) electrons. The summed E-state index contributed by atoms with van der Waals surface area (Å²) in [6.07, 6.45) is 0.00546. The van der Waals surface area contributed by atoms with Crippen molar-refractivity contribution in [1.82, 2.24) is 0 Å². The molecule has 0 aliphatic carbocycles. The lowest BCUT2D eigenvalue weighted by atomic mass is 10.1. The summed E-state index contributed by atoms with van der Waals surface area (Å²) in [5.41, 5.74) is 1.04. The number of rotatable bonds is 3. The van der Waals surface area contributed by atoms with Crippen molar-refractivity contribution >= 4 is 34.5 Å². The highest BCUT2D eigenvalue weighted by atomic mass is 35.5. The number of aliphatic hydroxyl groups is 1. The van der Waals surface area contributed by atoms with Crippen LogP contribution in [-0.2, 0) is 6.42 Å². The second kappa shape index (κ2) is 5.19. The molecule has 0 saturated carbocycles. The summed E-state index contributed by atoms with van der Waals surface area (Å²) >= 11 is 13.2. The molecule has 0 aliphatic rings. The first-order valence-corrected chi connectivity index (χ1v) is 6.46. The van der Waals surface area contributed by atoms with E-state index in [1.54, 1.807) is 6.07 Å². The Kier molecular flexibility index (Phi) is 3.87. The molecule has 0 fully saturated rings. The molecule has 0 spiro atoms. The molecule has 1 N–H and O–H groups in total. The number of thiophene rings is 1. The topological polar surface area (TPSA) is 20.2 Å². The molecule has 16 heavy (non-hydrogen) atoms. The van der Waals surface area contributed by atoms with Crippen LogP contribution in [0.5, 0.6) is 0 Å². The number of hydrogen-bond donors (Lipinski definition) is 1. The van der Waals surface area contributed by atoms with Crippen molar-refractivity contribution in [2.75, 3.05) is 0 Å². The van der Waals surface area contributed by atoms with E-state index in [1.807, 2.05) is 29.6 Å². The first kappa shape index (κ1) is 11.9. The molecule has 1 aromatic carbocycles. The monoisotopic (exact) mass is 272 g/mol. The van der Waals surface area contributed by atoms with Crippen LogP contribution in [0.15, 0.2) is 35.7 Å². The second-order valence-electron chi connectivity index (χ2n) is 3.48. The van der Waals surface area contributed by atoms with Gasteiger partial charge in [-0.2, -0.15) is 0 Å². The number of hydrogen-bond acceptors (Lipinski definition) is 2. The van der Waals surface area contributed by atoms with Crippen LogP contribution in [-0.4, -0.2) is 5.11 Å². The molecule has 1 aromatic heterocycles. The van der Waals surface area contributed by atoms with Crippen molar-refractivity contribution < 1.29 is 5.11 Å². The van der Waals surface area contributed by atoms with Crippen molar-refractivity contribution in [3.05, 3.63) is 56.2 Å². The van der Waals surface area contributed by atoms with E-state index < -0.39 is 6.10 Å². The fraction of sp³-hybridized carbons (Fsp3) is 0.167. The first-order valence-electron chi connectivity index (χ1n) is 4.82. The lowest BCUT2D eigenvalue weighted by Crippen LogP contribution is -1.99. The van der Waals surface area contributed by atoms with E-state index in [1.165, 1.54) is 11.3 Å². The van der Waals surface area contributed by atoms with Crippen LogP contribution < -0.4 is 0 Å². The van der Waals surface area contributed by atoms with Crippen LogP contribution in [0, 0.1) is 0 Å². The lowest BCUT2D eigenvalue weighted by molar-refractivity contribution is 0.182. The molecule has 2 rings (SSSR count). The Morgan fingerprint density at radius 2 is 1.81 bits per heavy atom. The molecule has 0 saturated heterocycles. The van der Waals surface area contributed by atoms with E-state index in [2.05, 4.69) is 0 Å². The van der Waals surface area contributed by atoms with Gasteiger partial charge in [0.05, 0.1) is 16.0 Å². The predicted molar refractivity (Wildman–Crippen MR) is 69.4 cm³/mol. The number of halogens is 2. The SMILES string of the molecule is OC(Cc1ccc(Cl)cc1)c1sccc1Cl. The fourth-order valence-electron chi connectivity index (χ4n) is 1.48. The Bertz CT molecular complexity index is 464. The number of aliphatic hydroxyl groups excluding tert-OH is 1. The second-order valence-corrected chi connectivity index (χ2v) is 5.27. The van der Waals surface area contributed by atoms with Gasteiger partial charge in [-0.25, -0.2) is 0 Å². The van der Waals surface area contributed by atoms with Crippen molar-refractivity contribution in [3.8, 4) is 0 Å². The molecule has 84 valence electrons. The third-order valence-electron chi connectivity index (χ3n) is 2.29. The summed E-state index contributed by atoms with van der Waals surface area (Å²) in [7, 11) is 0. The maximum Gasteiger partial charge on any atom is 0.0937 e. The molecule has 1 unspecified atom stereocenters. The van der Waals surface area contributed by atoms with Crippen molar-refractivity contribution in [2.45, 2.75) is 12.5 Å². The van der Waals surface area contributed by atoms with Gasteiger partial charge in [-0.1, -0.05) is 35.3 Å². The molecule has 0 amide bonds. The minimum atomic E-state index is -0.548. The maximum atomic E-state index is 10.0. The summed E-state index contributed by atoms with van der Waals surface area (Å²) in [5, 5.41) is 13.2. The van der Waals surface area contributed by atoms with Gasteiger partial charge in [0.1, 0.15) is 0 Å². The van der Waals surface area contributed by atoms with Crippen molar-refractivity contribution in [1.29, 1.82) is 0 Å². The van der Waals surface area contributed by atoms with Gasteiger partial charge in [0.25, 0.3) is 0 Å². The highest BCUT2D eigenvalue weighted by molar-refractivity contribution is 7.10. The summed E-state index contributed by atoms with van der Waals surface area (Å²) < 4.78 is 0. The Hall–Kier alpha value is -0.540. The normalized spacial score (nSPS) is 12.7. The van der Waals surface area contributed by atoms with Crippen LogP contribution in [0.4, 0.5) is 0 Å².